The molecule has 1 aliphatic rings. The number of nitrogens with one attached hydrogen (secondary N) is 2. The average Bonchev–Trinajstić information content (AvgIpc) is 2.97. The van der Waals surface area contributed by atoms with Gasteiger partial charge in [0.1, 0.15) is 5.54 Å². The summed E-state index contributed by atoms with van der Waals surface area (Å²) >= 11 is 0. The highest BCUT2D eigenvalue weighted by atomic mass is 16.4. The van der Waals surface area contributed by atoms with Gasteiger partial charge in [0.2, 0.25) is 5.91 Å². The highest BCUT2D eigenvalue weighted by Crippen LogP contribution is 2.39. The first-order valence-electron chi connectivity index (χ1n) is 5.25. The minimum absolute atomic E-state index is 0.0626. The summed E-state index contributed by atoms with van der Waals surface area (Å²) in [7, 11) is 0. The molecule has 1 saturated carbocycles. The Balaban J connectivity index is 2.45. The molecule has 1 atom stereocenters. The van der Waals surface area contributed by atoms with Crippen LogP contribution in [0.1, 0.15) is 26.7 Å². The lowest BCUT2D eigenvalue weighted by molar-refractivity contribution is -0.145. The number of carbonyl (C=O) groups is 2. The van der Waals surface area contributed by atoms with Crippen LogP contribution in [0.25, 0.3) is 0 Å². The number of hydrogen-bond donors (Lipinski definition) is 3. The summed E-state index contributed by atoms with van der Waals surface area (Å²) in [6, 6.07) is 0. The molecule has 0 heterocycles. The van der Waals surface area contributed by atoms with Crippen LogP contribution in [-0.2, 0) is 9.59 Å². The summed E-state index contributed by atoms with van der Waals surface area (Å²) in [6.07, 6.45) is 1.84. The fraction of sp³-hybridized carbons (Fsp3) is 0.800. The van der Waals surface area contributed by atoms with Crippen LogP contribution >= 0.6 is 0 Å². The van der Waals surface area contributed by atoms with Crippen LogP contribution in [0.3, 0.4) is 0 Å². The smallest absolute Gasteiger partial charge is 0.323 e. The van der Waals surface area contributed by atoms with Gasteiger partial charge in [0.05, 0.1) is 6.54 Å². The number of carboxylic acids is 1. The van der Waals surface area contributed by atoms with Crippen LogP contribution in [0, 0.1) is 5.92 Å². The van der Waals surface area contributed by atoms with Crippen molar-refractivity contribution < 1.29 is 14.7 Å². The molecule has 0 aromatic carbocycles. The van der Waals surface area contributed by atoms with Gasteiger partial charge in [-0.2, -0.15) is 0 Å². The predicted octanol–water partition coefficient (Wildman–Crippen LogP) is -0.0346. The largest absolute Gasteiger partial charge is 0.480 e. The molecule has 0 aromatic heterocycles. The maximum atomic E-state index is 11.2. The van der Waals surface area contributed by atoms with Crippen LogP contribution in [0.4, 0.5) is 0 Å². The minimum Gasteiger partial charge on any atom is -0.480 e. The third-order valence-electron chi connectivity index (χ3n) is 2.83. The van der Waals surface area contributed by atoms with Crippen molar-refractivity contribution in [3.05, 3.63) is 0 Å². The molecular formula is C10H18N2O3. The monoisotopic (exact) mass is 214 g/mol. The summed E-state index contributed by atoms with van der Waals surface area (Å²) in [4.78, 5) is 22.3. The standard InChI is InChI=1S/C10H18N2O3/c1-3-11-8(13)6-12-10(2,9(14)15)7-4-5-7/h7,12H,3-6H2,1-2H3,(H,11,13)(H,14,15). The van der Waals surface area contributed by atoms with Crippen molar-refractivity contribution in [1.29, 1.82) is 0 Å². The van der Waals surface area contributed by atoms with E-state index in [1.54, 1.807) is 6.92 Å². The zero-order chi connectivity index (χ0) is 11.5. The van der Waals surface area contributed by atoms with Crippen molar-refractivity contribution in [2.75, 3.05) is 13.1 Å². The van der Waals surface area contributed by atoms with Crippen molar-refractivity contribution in [3.63, 3.8) is 0 Å². The second-order valence-electron chi connectivity index (χ2n) is 4.09. The highest BCUT2D eigenvalue weighted by Gasteiger charge is 2.47. The van der Waals surface area contributed by atoms with Crippen LogP contribution < -0.4 is 10.6 Å². The molecule has 1 rings (SSSR count). The molecule has 5 nitrogen and oxygen atoms in total. The lowest BCUT2D eigenvalue weighted by atomic mass is 9.96. The summed E-state index contributed by atoms with van der Waals surface area (Å²) in [6.45, 7) is 4.10. The molecule has 0 radical (unpaired) electrons. The van der Waals surface area contributed by atoms with Crippen molar-refractivity contribution >= 4 is 11.9 Å². The van der Waals surface area contributed by atoms with Gasteiger partial charge in [-0.3, -0.25) is 14.9 Å². The van der Waals surface area contributed by atoms with Gasteiger partial charge in [-0.15, -0.1) is 0 Å². The van der Waals surface area contributed by atoms with E-state index in [1.165, 1.54) is 0 Å². The van der Waals surface area contributed by atoms with Crippen LogP contribution in [0.2, 0.25) is 0 Å². The summed E-state index contributed by atoms with van der Waals surface area (Å²) < 4.78 is 0. The zero-order valence-electron chi connectivity index (χ0n) is 9.17. The van der Waals surface area contributed by atoms with Gasteiger partial charge in [-0.05, 0) is 32.6 Å². The number of amides is 1. The van der Waals surface area contributed by atoms with Crippen molar-refractivity contribution in [2.24, 2.45) is 5.92 Å². The molecule has 1 aliphatic carbocycles. The third kappa shape index (κ3) is 2.92. The molecular weight excluding hydrogens is 196 g/mol. The van der Waals surface area contributed by atoms with E-state index in [0.29, 0.717) is 6.54 Å². The number of aliphatic carboxylic acids is 1. The molecule has 1 unspecified atom stereocenters. The van der Waals surface area contributed by atoms with Crippen molar-refractivity contribution in [1.82, 2.24) is 10.6 Å². The first kappa shape index (κ1) is 12.0. The maximum absolute atomic E-state index is 11.2. The fourth-order valence-corrected chi connectivity index (χ4v) is 1.58. The second kappa shape index (κ2) is 4.61. The second-order valence-corrected chi connectivity index (χ2v) is 4.09. The molecule has 15 heavy (non-hydrogen) atoms. The molecule has 0 saturated heterocycles. The molecule has 0 aromatic rings. The Kier molecular flexibility index (Phi) is 3.68. The van der Waals surface area contributed by atoms with Gasteiger partial charge in [0.15, 0.2) is 0 Å². The van der Waals surface area contributed by atoms with Gasteiger partial charge in [0.25, 0.3) is 0 Å². The number of carbonyl (C=O) groups excluding carboxylic acids is 1. The Labute approximate surface area is 89.2 Å². The van der Waals surface area contributed by atoms with Crippen LogP contribution in [-0.4, -0.2) is 35.6 Å². The third-order valence-corrected chi connectivity index (χ3v) is 2.83. The highest BCUT2D eigenvalue weighted by molar-refractivity contribution is 5.82. The Hall–Kier alpha value is -1.10. The molecule has 0 aliphatic heterocycles. The summed E-state index contributed by atoms with van der Waals surface area (Å²) in [5, 5.41) is 14.5. The van der Waals surface area contributed by atoms with E-state index in [1.807, 2.05) is 6.92 Å². The van der Waals surface area contributed by atoms with Crippen LogP contribution in [0.5, 0.6) is 0 Å². The van der Waals surface area contributed by atoms with Crippen LogP contribution in [0.15, 0.2) is 0 Å². The zero-order valence-corrected chi connectivity index (χ0v) is 9.17. The molecule has 5 heteroatoms. The molecule has 0 bridgehead atoms. The maximum Gasteiger partial charge on any atom is 0.323 e. The Morgan fingerprint density at radius 3 is 2.47 bits per heavy atom. The number of carboxylic acid groups (broad SMARTS) is 1. The fourth-order valence-electron chi connectivity index (χ4n) is 1.58. The topological polar surface area (TPSA) is 78.4 Å². The van der Waals surface area contributed by atoms with E-state index in [-0.39, 0.29) is 18.4 Å². The molecule has 3 N–H and O–H groups in total. The predicted molar refractivity (Wildman–Crippen MR) is 55.5 cm³/mol. The van der Waals surface area contributed by atoms with E-state index < -0.39 is 11.5 Å². The van der Waals surface area contributed by atoms with Gasteiger partial charge < -0.3 is 10.4 Å². The SMILES string of the molecule is CCNC(=O)CNC(C)(C(=O)O)C1CC1. The Morgan fingerprint density at radius 2 is 2.07 bits per heavy atom. The quantitative estimate of drug-likeness (QED) is 0.580. The van der Waals surface area contributed by atoms with E-state index in [9.17, 15) is 9.59 Å². The van der Waals surface area contributed by atoms with Gasteiger partial charge >= 0.3 is 5.97 Å². The molecule has 1 fully saturated rings. The van der Waals surface area contributed by atoms with Gasteiger partial charge in [0, 0.05) is 6.54 Å². The van der Waals surface area contributed by atoms with E-state index in [0.717, 1.165) is 12.8 Å². The molecule has 0 spiro atoms. The van der Waals surface area contributed by atoms with Crippen molar-refractivity contribution in [3.8, 4) is 0 Å². The first-order chi connectivity index (χ1) is 7.00. The first-order valence-corrected chi connectivity index (χ1v) is 5.25. The Bertz CT molecular complexity index is 263. The Morgan fingerprint density at radius 1 is 1.47 bits per heavy atom. The lowest BCUT2D eigenvalue weighted by Crippen LogP contribution is -2.54. The van der Waals surface area contributed by atoms with E-state index >= 15 is 0 Å². The normalized spacial score (nSPS) is 19.3. The van der Waals surface area contributed by atoms with E-state index in [4.69, 9.17) is 5.11 Å². The molecule has 86 valence electrons. The number of likely N-dealkylation sites (N-methyl/N-ethyl adjacent to an activating group) is 1. The van der Waals surface area contributed by atoms with E-state index in [2.05, 4.69) is 10.6 Å². The molecule has 1 amide bonds. The average molecular weight is 214 g/mol. The van der Waals surface area contributed by atoms with Gasteiger partial charge in [-0.25, -0.2) is 0 Å². The minimum atomic E-state index is -0.953. The van der Waals surface area contributed by atoms with Crippen molar-refractivity contribution in [2.45, 2.75) is 32.2 Å². The summed E-state index contributed by atoms with van der Waals surface area (Å²) in [5.74, 6) is -0.885. The van der Waals surface area contributed by atoms with Gasteiger partial charge in [-0.1, -0.05) is 0 Å². The number of rotatable bonds is 6. The lowest BCUT2D eigenvalue weighted by Gasteiger charge is -2.25. The summed E-state index contributed by atoms with van der Waals surface area (Å²) in [5.41, 5.74) is -0.953. The number of hydrogen-bond acceptors (Lipinski definition) is 3.